The molecule has 0 aromatic heterocycles. The molecule has 0 heterocycles. The van der Waals surface area contributed by atoms with Gasteiger partial charge in [0.1, 0.15) is 0 Å². The van der Waals surface area contributed by atoms with E-state index in [1.165, 1.54) is 0 Å². The number of benzene rings is 1. The lowest BCUT2D eigenvalue weighted by molar-refractivity contribution is -0.136. The van der Waals surface area contributed by atoms with Gasteiger partial charge in [0.15, 0.2) is 0 Å². The first kappa shape index (κ1) is 13.2. The molecule has 1 aromatic carbocycles. The Kier molecular flexibility index (Phi) is 4.66. The fraction of sp³-hybridized carbons (Fsp3) is 0.333. The fourth-order valence-corrected chi connectivity index (χ4v) is 1.35. The Bertz CT molecular complexity index is 416. The van der Waals surface area contributed by atoms with Crippen LogP contribution in [-0.2, 0) is 16.0 Å². The number of carboxylic acid groups (broad SMARTS) is 1. The molecule has 0 fully saturated rings. The molecule has 0 aliphatic heterocycles. The zero-order valence-corrected chi connectivity index (χ0v) is 9.64. The van der Waals surface area contributed by atoms with Gasteiger partial charge in [-0.15, -0.1) is 0 Å². The average Bonchev–Trinajstić information content (AvgIpc) is 2.27. The molecular formula is C12H16N2O3. The lowest BCUT2D eigenvalue weighted by Gasteiger charge is -2.11. The lowest BCUT2D eigenvalue weighted by Crippen LogP contribution is -2.32. The van der Waals surface area contributed by atoms with Gasteiger partial charge in [0.2, 0.25) is 5.91 Å². The first-order chi connectivity index (χ1) is 8.00. The molecule has 0 aliphatic carbocycles. The van der Waals surface area contributed by atoms with Crippen molar-refractivity contribution in [2.45, 2.75) is 25.8 Å². The smallest absolute Gasteiger partial charge is 0.303 e. The molecule has 1 rings (SSSR count). The average molecular weight is 236 g/mol. The van der Waals surface area contributed by atoms with Crippen molar-refractivity contribution in [1.29, 1.82) is 0 Å². The van der Waals surface area contributed by atoms with Crippen molar-refractivity contribution < 1.29 is 14.7 Å². The van der Waals surface area contributed by atoms with E-state index in [4.69, 9.17) is 10.8 Å². The van der Waals surface area contributed by atoms with E-state index in [-0.39, 0.29) is 12.3 Å². The minimum atomic E-state index is -0.863. The molecule has 0 aliphatic rings. The Morgan fingerprint density at radius 2 is 2.06 bits per heavy atom. The highest BCUT2D eigenvalue weighted by molar-refractivity contribution is 5.95. The number of amides is 1. The summed E-state index contributed by atoms with van der Waals surface area (Å²) in [4.78, 5) is 22.0. The molecule has 1 atom stereocenters. The second-order valence-corrected chi connectivity index (χ2v) is 3.83. The predicted molar refractivity (Wildman–Crippen MR) is 64.7 cm³/mol. The second-order valence-electron chi connectivity index (χ2n) is 3.83. The maximum atomic E-state index is 11.5. The van der Waals surface area contributed by atoms with E-state index in [0.29, 0.717) is 12.1 Å². The molecule has 5 nitrogen and oxygen atoms in total. The number of carbonyl (C=O) groups excluding carboxylic acids is 1. The number of aliphatic carboxylic acids is 1. The normalized spacial score (nSPS) is 11.9. The summed E-state index contributed by atoms with van der Waals surface area (Å²) in [5, 5.41) is 11.3. The summed E-state index contributed by atoms with van der Waals surface area (Å²) in [7, 11) is 0. The number of aryl methyl sites for hydroxylation is 1. The molecule has 1 amide bonds. The minimum absolute atomic E-state index is 0.0328. The number of carbonyl (C=O) groups is 2. The standard InChI is InChI=1S/C12H16N2O3/c1-8(13)12(17)14-10-5-3-2-4-9(10)6-7-11(15)16/h2-5,8H,6-7,13H2,1H3,(H,14,17)(H,15,16). The Morgan fingerprint density at radius 1 is 1.41 bits per heavy atom. The van der Waals surface area contributed by atoms with E-state index in [0.717, 1.165) is 5.56 Å². The van der Waals surface area contributed by atoms with Crippen molar-refractivity contribution >= 4 is 17.6 Å². The molecular weight excluding hydrogens is 220 g/mol. The quantitative estimate of drug-likeness (QED) is 0.710. The first-order valence-electron chi connectivity index (χ1n) is 5.37. The van der Waals surface area contributed by atoms with Gasteiger partial charge in [0.05, 0.1) is 6.04 Å². The van der Waals surface area contributed by atoms with Crippen LogP contribution in [0.25, 0.3) is 0 Å². The minimum Gasteiger partial charge on any atom is -0.481 e. The van der Waals surface area contributed by atoms with Gasteiger partial charge < -0.3 is 16.2 Å². The van der Waals surface area contributed by atoms with Crippen molar-refractivity contribution in [2.75, 3.05) is 5.32 Å². The summed E-state index contributed by atoms with van der Waals surface area (Å²) in [5.41, 5.74) is 6.87. The summed E-state index contributed by atoms with van der Waals surface area (Å²) in [6.45, 7) is 1.59. The van der Waals surface area contributed by atoms with Gasteiger partial charge in [-0.25, -0.2) is 0 Å². The molecule has 92 valence electrons. The molecule has 5 heteroatoms. The summed E-state index contributed by atoms with van der Waals surface area (Å²) < 4.78 is 0. The van der Waals surface area contributed by atoms with Crippen LogP contribution in [0.4, 0.5) is 5.69 Å². The topological polar surface area (TPSA) is 92.4 Å². The number of para-hydroxylation sites is 1. The Balaban J connectivity index is 2.77. The van der Waals surface area contributed by atoms with Gasteiger partial charge in [-0.2, -0.15) is 0 Å². The molecule has 0 spiro atoms. The van der Waals surface area contributed by atoms with Gasteiger partial charge in [0.25, 0.3) is 0 Å². The highest BCUT2D eigenvalue weighted by Gasteiger charge is 2.10. The Labute approximate surface area is 99.6 Å². The second kappa shape index (κ2) is 6.00. The Hall–Kier alpha value is -1.88. The van der Waals surface area contributed by atoms with E-state index < -0.39 is 12.0 Å². The largest absolute Gasteiger partial charge is 0.481 e. The number of hydrogen-bond donors (Lipinski definition) is 3. The van der Waals surface area contributed by atoms with Crippen molar-refractivity contribution in [2.24, 2.45) is 5.73 Å². The van der Waals surface area contributed by atoms with Crippen LogP contribution in [0.1, 0.15) is 18.9 Å². The van der Waals surface area contributed by atoms with E-state index in [2.05, 4.69) is 5.32 Å². The van der Waals surface area contributed by atoms with Gasteiger partial charge in [0, 0.05) is 12.1 Å². The van der Waals surface area contributed by atoms with E-state index >= 15 is 0 Å². The number of carboxylic acids is 1. The summed E-state index contributed by atoms with van der Waals surface area (Å²) in [6, 6.07) is 6.51. The van der Waals surface area contributed by atoms with Crippen LogP contribution in [0.2, 0.25) is 0 Å². The molecule has 1 aromatic rings. The highest BCUT2D eigenvalue weighted by Crippen LogP contribution is 2.16. The van der Waals surface area contributed by atoms with Crippen LogP contribution in [0, 0.1) is 0 Å². The van der Waals surface area contributed by atoms with Gasteiger partial charge in [-0.3, -0.25) is 9.59 Å². The third-order valence-corrected chi connectivity index (χ3v) is 2.30. The van der Waals surface area contributed by atoms with E-state index in [1.54, 1.807) is 31.2 Å². The lowest BCUT2D eigenvalue weighted by atomic mass is 10.1. The molecule has 0 radical (unpaired) electrons. The molecule has 17 heavy (non-hydrogen) atoms. The predicted octanol–water partition coefficient (Wildman–Crippen LogP) is 0.989. The number of nitrogens with two attached hydrogens (primary N) is 1. The Morgan fingerprint density at radius 3 is 2.65 bits per heavy atom. The number of rotatable bonds is 5. The summed E-state index contributed by atoms with van der Waals surface area (Å²) in [6.07, 6.45) is 0.413. The molecule has 0 saturated carbocycles. The van der Waals surface area contributed by atoms with Crippen LogP contribution >= 0.6 is 0 Å². The van der Waals surface area contributed by atoms with Crippen molar-refractivity contribution in [3.05, 3.63) is 29.8 Å². The highest BCUT2D eigenvalue weighted by atomic mass is 16.4. The van der Waals surface area contributed by atoms with Gasteiger partial charge >= 0.3 is 5.97 Å². The van der Waals surface area contributed by atoms with Crippen LogP contribution < -0.4 is 11.1 Å². The van der Waals surface area contributed by atoms with Crippen LogP contribution in [0.15, 0.2) is 24.3 Å². The van der Waals surface area contributed by atoms with Crippen LogP contribution in [-0.4, -0.2) is 23.0 Å². The third-order valence-electron chi connectivity index (χ3n) is 2.30. The monoisotopic (exact) mass is 236 g/mol. The SMILES string of the molecule is CC(N)C(=O)Nc1ccccc1CCC(=O)O. The number of hydrogen-bond acceptors (Lipinski definition) is 3. The first-order valence-corrected chi connectivity index (χ1v) is 5.37. The summed E-state index contributed by atoms with van der Waals surface area (Å²) in [5.74, 6) is -1.15. The van der Waals surface area contributed by atoms with Crippen molar-refractivity contribution in [1.82, 2.24) is 0 Å². The van der Waals surface area contributed by atoms with Crippen LogP contribution in [0.5, 0.6) is 0 Å². The third kappa shape index (κ3) is 4.24. The summed E-state index contributed by atoms with van der Waals surface area (Å²) >= 11 is 0. The van der Waals surface area contributed by atoms with Gasteiger partial charge in [-0.1, -0.05) is 18.2 Å². The van der Waals surface area contributed by atoms with Gasteiger partial charge in [-0.05, 0) is 25.0 Å². The molecule has 0 bridgehead atoms. The van der Waals surface area contributed by atoms with E-state index in [1.807, 2.05) is 0 Å². The zero-order valence-electron chi connectivity index (χ0n) is 9.64. The zero-order chi connectivity index (χ0) is 12.8. The maximum absolute atomic E-state index is 11.5. The number of nitrogens with one attached hydrogen (secondary N) is 1. The van der Waals surface area contributed by atoms with E-state index in [9.17, 15) is 9.59 Å². The molecule has 0 saturated heterocycles. The van der Waals surface area contributed by atoms with Crippen molar-refractivity contribution in [3.8, 4) is 0 Å². The molecule has 1 unspecified atom stereocenters. The molecule has 4 N–H and O–H groups in total. The fourth-order valence-electron chi connectivity index (χ4n) is 1.35. The maximum Gasteiger partial charge on any atom is 0.303 e. The van der Waals surface area contributed by atoms with Crippen molar-refractivity contribution in [3.63, 3.8) is 0 Å². The number of anilines is 1. The van der Waals surface area contributed by atoms with Crippen LogP contribution in [0.3, 0.4) is 0 Å².